The van der Waals surface area contributed by atoms with Crippen LogP contribution in [-0.4, -0.2) is 52.9 Å². The molecule has 1 aromatic heterocycles. The van der Waals surface area contributed by atoms with Crippen LogP contribution in [0, 0.1) is 0 Å². The molecule has 2 aliphatic heterocycles. The Hall–Kier alpha value is -4.06. The van der Waals surface area contributed by atoms with Crippen molar-refractivity contribution in [2.45, 2.75) is 37.9 Å². The molecule has 3 heterocycles. The number of carboxylic acid groups (broad SMARTS) is 1. The highest BCUT2D eigenvalue weighted by Gasteiger charge is 2.48. The van der Waals surface area contributed by atoms with Crippen molar-refractivity contribution in [1.82, 2.24) is 9.97 Å². The van der Waals surface area contributed by atoms with Gasteiger partial charge in [0.15, 0.2) is 0 Å². The summed E-state index contributed by atoms with van der Waals surface area (Å²) in [6.07, 6.45) is -1.76. The quantitative estimate of drug-likeness (QED) is 0.366. The van der Waals surface area contributed by atoms with Gasteiger partial charge in [-0.05, 0) is 18.6 Å². The second-order valence-corrected chi connectivity index (χ2v) is 9.81. The van der Waals surface area contributed by atoms with Crippen LogP contribution in [-0.2, 0) is 9.59 Å². The summed E-state index contributed by atoms with van der Waals surface area (Å²) in [4.78, 5) is 35.0. The second-order valence-electron chi connectivity index (χ2n) is 9.38. The molecule has 210 valence electrons. The fourth-order valence-corrected chi connectivity index (χ4v) is 5.10. The highest BCUT2D eigenvalue weighted by Crippen LogP contribution is 2.47. The lowest BCUT2D eigenvalue weighted by molar-refractivity contribution is -0.171. The van der Waals surface area contributed by atoms with Crippen LogP contribution in [0.15, 0.2) is 48.8 Å². The van der Waals surface area contributed by atoms with Gasteiger partial charge in [-0.2, -0.15) is 13.2 Å². The highest BCUT2D eigenvalue weighted by atomic mass is 35.5. The molecule has 9 nitrogen and oxygen atoms in total. The lowest BCUT2D eigenvalue weighted by Crippen LogP contribution is -2.44. The number of alkyl halides is 3. The van der Waals surface area contributed by atoms with Gasteiger partial charge < -0.3 is 19.5 Å². The summed E-state index contributed by atoms with van der Waals surface area (Å²) < 4.78 is 53.2. The molecule has 2 aromatic carbocycles. The van der Waals surface area contributed by atoms with Crippen molar-refractivity contribution in [2.24, 2.45) is 0 Å². The Labute approximate surface area is 232 Å². The molecule has 0 saturated carbocycles. The molecule has 2 aliphatic rings. The molecule has 0 fully saturated rings. The van der Waals surface area contributed by atoms with Gasteiger partial charge in [0.25, 0.3) is 0 Å². The fourth-order valence-electron chi connectivity index (χ4n) is 5.01. The number of carboxylic acids is 1. The van der Waals surface area contributed by atoms with E-state index in [0.29, 0.717) is 51.4 Å². The van der Waals surface area contributed by atoms with Gasteiger partial charge in [-0.1, -0.05) is 36.7 Å². The predicted molar refractivity (Wildman–Crippen MR) is 139 cm³/mol. The van der Waals surface area contributed by atoms with Crippen LogP contribution in [0.4, 0.5) is 30.5 Å². The van der Waals surface area contributed by atoms with E-state index in [-0.39, 0.29) is 31.1 Å². The number of hydrogen-bond donors (Lipinski definition) is 1. The Morgan fingerprint density at radius 2 is 1.85 bits per heavy atom. The van der Waals surface area contributed by atoms with Crippen LogP contribution in [0.1, 0.15) is 42.9 Å². The number of carbonyl (C=O) groups is 2. The summed E-state index contributed by atoms with van der Waals surface area (Å²) in [6, 6.07) is 8.16. The number of ether oxygens (including phenoxy) is 2. The SMILES string of the molecule is CCCN(c1ncc(Cl)cn1)c1cccc2c1OC[C@H]2N(C(=O)C(F)(F)F)c1ccc2c(c1)OC[C@H]2CC(=O)O. The maximum atomic E-state index is 13.9. The molecule has 0 unspecified atom stereocenters. The molecule has 3 aromatic rings. The van der Waals surface area contributed by atoms with Crippen molar-refractivity contribution < 1.29 is 37.3 Å². The van der Waals surface area contributed by atoms with Gasteiger partial charge in [0.2, 0.25) is 5.95 Å². The average Bonchev–Trinajstić information content (AvgIpc) is 3.51. The molecule has 13 heteroatoms. The van der Waals surface area contributed by atoms with Crippen LogP contribution in [0.5, 0.6) is 11.5 Å². The fraction of sp³-hybridized carbons (Fsp3) is 0.333. The predicted octanol–water partition coefficient (Wildman–Crippen LogP) is 5.66. The summed E-state index contributed by atoms with van der Waals surface area (Å²) in [7, 11) is 0. The summed E-state index contributed by atoms with van der Waals surface area (Å²) in [5, 5.41) is 9.51. The van der Waals surface area contributed by atoms with E-state index in [9.17, 15) is 22.8 Å². The molecule has 1 amide bonds. The maximum Gasteiger partial charge on any atom is 0.471 e. The van der Waals surface area contributed by atoms with Crippen molar-refractivity contribution in [3.05, 3.63) is 64.9 Å². The van der Waals surface area contributed by atoms with E-state index in [0.717, 1.165) is 0 Å². The molecular weight excluding hydrogens is 553 g/mol. The molecule has 1 N–H and O–H groups in total. The highest BCUT2D eigenvalue weighted by molar-refractivity contribution is 6.30. The van der Waals surface area contributed by atoms with Crippen molar-refractivity contribution in [2.75, 3.05) is 29.6 Å². The van der Waals surface area contributed by atoms with Crippen LogP contribution >= 0.6 is 11.6 Å². The third-order valence-electron chi connectivity index (χ3n) is 6.70. The minimum absolute atomic E-state index is 0.0460. The zero-order valence-corrected chi connectivity index (χ0v) is 21.9. The Bertz CT molecular complexity index is 1440. The Kier molecular flexibility index (Phi) is 7.45. The van der Waals surface area contributed by atoms with Gasteiger partial charge in [-0.25, -0.2) is 9.97 Å². The third kappa shape index (κ3) is 5.23. The first-order chi connectivity index (χ1) is 19.1. The maximum absolute atomic E-state index is 13.9. The van der Waals surface area contributed by atoms with Gasteiger partial charge in [0, 0.05) is 35.3 Å². The molecule has 0 aliphatic carbocycles. The lowest BCUT2D eigenvalue weighted by atomic mass is 9.97. The largest absolute Gasteiger partial charge is 0.493 e. The number of fused-ring (bicyclic) bond motifs is 2. The number of benzene rings is 2. The van der Waals surface area contributed by atoms with Crippen LogP contribution in [0.2, 0.25) is 5.02 Å². The van der Waals surface area contributed by atoms with Crippen LogP contribution in [0.25, 0.3) is 0 Å². The monoisotopic (exact) mass is 576 g/mol. The molecule has 5 rings (SSSR count). The van der Waals surface area contributed by atoms with E-state index in [1.165, 1.54) is 30.6 Å². The van der Waals surface area contributed by atoms with Gasteiger partial charge in [0.05, 0.1) is 42.2 Å². The van der Waals surface area contributed by atoms with E-state index in [4.69, 9.17) is 26.2 Å². The first kappa shape index (κ1) is 27.5. The second kappa shape index (κ2) is 10.8. The van der Waals surface area contributed by atoms with Gasteiger partial charge >= 0.3 is 18.1 Å². The Morgan fingerprint density at radius 1 is 1.10 bits per heavy atom. The number of carbonyl (C=O) groups excluding carboxylic acids is 1. The molecule has 0 saturated heterocycles. The van der Waals surface area contributed by atoms with Crippen molar-refractivity contribution in [3.63, 3.8) is 0 Å². The normalized spacial score (nSPS) is 17.4. The molecule has 0 bridgehead atoms. The zero-order valence-electron chi connectivity index (χ0n) is 21.2. The van der Waals surface area contributed by atoms with Gasteiger partial charge in [0.1, 0.15) is 18.1 Å². The zero-order chi connectivity index (χ0) is 28.6. The van der Waals surface area contributed by atoms with E-state index >= 15 is 0 Å². The molecule has 2 atom stereocenters. The lowest BCUT2D eigenvalue weighted by Gasteiger charge is -2.29. The molecule has 0 radical (unpaired) electrons. The summed E-state index contributed by atoms with van der Waals surface area (Å²) in [5.74, 6) is -2.63. The first-order valence-electron chi connectivity index (χ1n) is 12.5. The Balaban J connectivity index is 1.55. The molecule has 0 spiro atoms. The molecular formula is C27H24ClF3N4O5. The van der Waals surface area contributed by atoms with E-state index in [2.05, 4.69) is 9.97 Å². The van der Waals surface area contributed by atoms with E-state index in [1.54, 1.807) is 23.1 Å². The van der Waals surface area contributed by atoms with Gasteiger partial charge in [-0.15, -0.1) is 0 Å². The van der Waals surface area contributed by atoms with Crippen molar-refractivity contribution in [3.8, 4) is 11.5 Å². The number of halogens is 4. The summed E-state index contributed by atoms with van der Waals surface area (Å²) >= 11 is 5.94. The van der Waals surface area contributed by atoms with E-state index in [1.807, 2.05) is 6.92 Å². The average molecular weight is 577 g/mol. The van der Waals surface area contributed by atoms with E-state index < -0.39 is 30.0 Å². The number of aromatic nitrogens is 2. The standard InChI is InChI=1S/C27H24ClF3N4O5/c1-2-8-34(26-32-11-16(28)12-33-26)20-5-3-4-19-21(14-40-24(19)20)35(25(38)27(29,30)31)17-6-7-18-15(9-23(36)37)13-39-22(18)10-17/h3-7,10-12,15,21H,2,8-9,13-14H2,1H3,(H,36,37)/t15-,21-/m1/s1. The number of aliphatic carboxylic acids is 1. The number of anilines is 3. The summed E-state index contributed by atoms with van der Waals surface area (Å²) in [5.41, 5.74) is 1.44. The number of nitrogens with zero attached hydrogens (tertiary/aromatic N) is 4. The van der Waals surface area contributed by atoms with Crippen LogP contribution in [0.3, 0.4) is 0 Å². The minimum Gasteiger partial charge on any atom is -0.493 e. The molecule has 40 heavy (non-hydrogen) atoms. The van der Waals surface area contributed by atoms with Crippen molar-refractivity contribution >= 4 is 40.8 Å². The summed E-state index contributed by atoms with van der Waals surface area (Å²) in [6.45, 7) is 2.29. The smallest absolute Gasteiger partial charge is 0.471 e. The Morgan fingerprint density at radius 3 is 2.52 bits per heavy atom. The van der Waals surface area contributed by atoms with Gasteiger partial charge in [-0.3, -0.25) is 14.5 Å². The number of amides is 1. The first-order valence-corrected chi connectivity index (χ1v) is 12.9. The number of para-hydroxylation sites is 1. The topological polar surface area (TPSA) is 105 Å². The van der Waals surface area contributed by atoms with Crippen LogP contribution < -0.4 is 19.3 Å². The van der Waals surface area contributed by atoms with Crippen molar-refractivity contribution in [1.29, 1.82) is 0 Å². The third-order valence-corrected chi connectivity index (χ3v) is 6.90. The number of hydrogen-bond acceptors (Lipinski definition) is 7. The number of rotatable bonds is 8. The minimum atomic E-state index is -5.17.